The van der Waals surface area contributed by atoms with Crippen LogP contribution in [0, 0.1) is 19.7 Å². The zero-order valence-corrected chi connectivity index (χ0v) is 13.1. The van der Waals surface area contributed by atoms with Crippen LogP contribution < -0.4 is 5.73 Å². The minimum Gasteiger partial charge on any atom is -0.328 e. The molecule has 0 radical (unpaired) electrons. The van der Waals surface area contributed by atoms with Gasteiger partial charge in [-0.05, 0) is 68.3 Å². The fraction of sp³-hybridized carbons (Fsp3) is 0.278. The maximum Gasteiger partial charge on any atom is 0.141 e. The first-order valence-corrected chi connectivity index (χ1v) is 7.46. The predicted molar refractivity (Wildman–Crippen MR) is 88.4 cm³/mol. The van der Waals surface area contributed by atoms with Crippen molar-refractivity contribution in [2.45, 2.75) is 26.8 Å². The summed E-state index contributed by atoms with van der Waals surface area (Å²) in [5.74, 6) is 0.586. The molecule has 0 saturated heterocycles. The zero-order valence-electron chi connectivity index (χ0n) is 13.1. The van der Waals surface area contributed by atoms with E-state index in [1.807, 2.05) is 0 Å². The first-order chi connectivity index (χ1) is 10.5. The molecule has 0 bridgehead atoms. The van der Waals surface area contributed by atoms with Crippen LogP contribution >= 0.6 is 0 Å². The molecule has 1 unspecified atom stereocenters. The number of aromatic nitrogens is 2. The maximum absolute atomic E-state index is 13.2. The van der Waals surface area contributed by atoms with Gasteiger partial charge in [-0.3, -0.25) is 0 Å². The van der Waals surface area contributed by atoms with Crippen LogP contribution in [-0.4, -0.2) is 16.1 Å². The third-order valence-corrected chi connectivity index (χ3v) is 4.19. The van der Waals surface area contributed by atoms with Crippen molar-refractivity contribution in [2.75, 3.05) is 6.54 Å². The molecular weight excluding hydrogens is 277 g/mol. The monoisotopic (exact) mass is 297 g/mol. The number of hydrogen-bond donors (Lipinski definition) is 1. The Morgan fingerprint density at radius 3 is 2.41 bits per heavy atom. The van der Waals surface area contributed by atoms with Crippen LogP contribution in [0.2, 0.25) is 0 Å². The van der Waals surface area contributed by atoms with Gasteiger partial charge in [-0.25, -0.2) is 9.37 Å². The van der Waals surface area contributed by atoms with Gasteiger partial charge in [0.15, 0.2) is 0 Å². The molecule has 114 valence electrons. The van der Waals surface area contributed by atoms with Gasteiger partial charge in [0.25, 0.3) is 0 Å². The van der Waals surface area contributed by atoms with E-state index < -0.39 is 0 Å². The van der Waals surface area contributed by atoms with E-state index in [9.17, 15) is 4.39 Å². The Balaban J connectivity index is 2.30. The molecule has 0 aliphatic rings. The molecular formula is C18H20FN3. The Bertz CT molecular complexity index is 818. The van der Waals surface area contributed by atoms with E-state index >= 15 is 0 Å². The fourth-order valence-corrected chi connectivity index (χ4v) is 2.70. The molecule has 0 saturated carbocycles. The van der Waals surface area contributed by atoms with Gasteiger partial charge in [-0.15, -0.1) is 0 Å². The smallest absolute Gasteiger partial charge is 0.141 e. The SMILES string of the molecule is Cc1cc2nc(-c3ccc(F)cc3)n(C(C)CN)c2cc1C. The van der Waals surface area contributed by atoms with E-state index in [-0.39, 0.29) is 11.9 Å². The molecule has 1 atom stereocenters. The number of nitrogens with two attached hydrogens (primary N) is 1. The van der Waals surface area contributed by atoms with Crippen LogP contribution in [0.3, 0.4) is 0 Å². The number of aryl methyl sites for hydroxylation is 2. The lowest BCUT2D eigenvalue weighted by molar-refractivity contribution is 0.578. The van der Waals surface area contributed by atoms with E-state index in [1.165, 1.54) is 23.3 Å². The predicted octanol–water partition coefficient (Wildman–Crippen LogP) is 3.98. The molecule has 0 fully saturated rings. The van der Waals surface area contributed by atoms with Gasteiger partial charge < -0.3 is 10.3 Å². The highest BCUT2D eigenvalue weighted by Crippen LogP contribution is 2.30. The van der Waals surface area contributed by atoms with Gasteiger partial charge in [-0.1, -0.05) is 0 Å². The number of benzene rings is 2. The Morgan fingerprint density at radius 1 is 1.14 bits per heavy atom. The van der Waals surface area contributed by atoms with Crippen molar-refractivity contribution < 1.29 is 4.39 Å². The number of rotatable bonds is 3. The molecule has 2 N–H and O–H groups in total. The van der Waals surface area contributed by atoms with Crippen molar-refractivity contribution in [1.29, 1.82) is 0 Å². The number of nitrogens with zero attached hydrogens (tertiary/aromatic N) is 2. The van der Waals surface area contributed by atoms with E-state index in [1.54, 1.807) is 12.1 Å². The third kappa shape index (κ3) is 2.40. The quantitative estimate of drug-likeness (QED) is 0.794. The fourth-order valence-electron chi connectivity index (χ4n) is 2.70. The average molecular weight is 297 g/mol. The summed E-state index contributed by atoms with van der Waals surface area (Å²) in [6.07, 6.45) is 0. The second kappa shape index (κ2) is 5.54. The minimum absolute atomic E-state index is 0.118. The highest BCUT2D eigenvalue weighted by atomic mass is 19.1. The summed E-state index contributed by atoms with van der Waals surface area (Å²) < 4.78 is 15.3. The number of fused-ring (bicyclic) bond motifs is 1. The average Bonchev–Trinajstić information content (AvgIpc) is 2.86. The summed E-state index contributed by atoms with van der Waals surface area (Å²) in [5.41, 5.74) is 11.2. The third-order valence-electron chi connectivity index (χ3n) is 4.19. The van der Waals surface area contributed by atoms with Gasteiger partial charge in [-0.2, -0.15) is 0 Å². The highest BCUT2D eigenvalue weighted by molar-refractivity contribution is 5.82. The molecule has 1 heterocycles. The largest absolute Gasteiger partial charge is 0.328 e. The highest BCUT2D eigenvalue weighted by Gasteiger charge is 2.17. The van der Waals surface area contributed by atoms with Crippen molar-refractivity contribution in [1.82, 2.24) is 9.55 Å². The second-order valence-corrected chi connectivity index (χ2v) is 5.82. The summed E-state index contributed by atoms with van der Waals surface area (Å²) in [7, 11) is 0. The molecule has 4 heteroatoms. The molecule has 0 aliphatic carbocycles. The first-order valence-electron chi connectivity index (χ1n) is 7.46. The molecule has 1 aromatic heterocycles. The molecule has 3 aromatic rings. The standard InChI is InChI=1S/C18H20FN3/c1-11-8-16-17(9-12(11)2)22(13(3)10-20)18(21-16)14-4-6-15(19)7-5-14/h4-9,13H,10,20H2,1-3H3. The summed E-state index contributed by atoms with van der Waals surface area (Å²) in [6, 6.07) is 10.8. The van der Waals surface area contributed by atoms with Gasteiger partial charge >= 0.3 is 0 Å². The minimum atomic E-state index is -0.245. The van der Waals surface area contributed by atoms with Crippen molar-refractivity contribution >= 4 is 11.0 Å². The molecule has 0 spiro atoms. The van der Waals surface area contributed by atoms with Crippen molar-refractivity contribution in [3.63, 3.8) is 0 Å². The molecule has 22 heavy (non-hydrogen) atoms. The summed E-state index contributed by atoms with van der Waals surface area (Å²) in [4.78, 5) is 4.77. The Labute approximate surface area is 129 Å². The lowest BCUT2D eigenvalue weighted by Gasteiger charge is -2.16. The van der Waals surface area contributed by atoms with Crippen LogP contribution in [0.5, 0.6) is 0 Å². The zero-order chi connectivity index (χ0) is 15.9. The first kappa shape index (κ1) is 14.7. The molecule has 3 rings (SSSR count). The number of halogens is 1. The topological polar surface area (TPSA) is 43.8 Å². The lowest BCUT2D eigenvalue weighted by atomic mass is 10.1. The van der Waals surface area contributed by atoms with Gasteiger partial charge in [0.2, 0.25) is 0 Å². The van der Waals surface area contributed by atoms with Crippen molar-refractivity contribution in [3.05, 3.63) is 53.3 Å². The van der Waals surface area contributed by atoms with E-state index in [0.29, 0.717) is 6.54 Å². The summed E-state index contributed by atoms with van der Waals surface area (Å²) >= 11 is 0. The van der Waals surface area contributed by atoms with E-state index in [2.05, 4.69) is 37.5 Å². The molecule has 2 aromatic carbocycles. The lowest BCUT2D eigenvalue weighted by Crippen LogP contribution is -2.17. The van der Waals surface area contributed by atoms with Crippen LogP contribution in [0.1, 0.15) is 24.1 Å². The molecule has 0 amide bonds. The van der Waals surface area contributed by atoms with Crippen LogP contribution in [-0.2, 0) is 0 Å². The van der Waals surface area contributed by atoms with E-state index in [0.717, 1.165) is 22.4 Å². The molecule has 0 aliphatic heterocycles. The van der Waals surface area contributed by atoms with Crippen molar-refractivity contribution in [3.8, 4) is 11.4 Å². The summed E-state index contributed by atoms with van der Waals surface area (Å²) in [5, 5.41) is 0. The van der Waals surface area contributed by atoms with Crippen molar-refractivity contribution in [2.24, 2.45) is 5.73 Å². The normalized spacial score (nSPS) is 12.8. The van der Waals surface area contributed by atoms with Gasteiger partial charge in [0.05, 0.1) is 11.0 Å². The number of imidazole rings is 1. The van der Waals surface area contributed by atoms with Gasteiger partial charge in [0.1, 0.15) is 11.6 Å². The van der Waals surface area contributed by atoms with E-state index in [4.69, 9.17) is 10.7 Å². The summed E-state index contributed by atoms with van der Waals surface area (Å²) in [6.45, 7) is 6.77. The molecule has 3 nitrogen and oxygen atoms in total. The van der Waals surface area contributed by atoms with Crippen LogP contribution in [0.4, 0.5) is 4.39 Å². The maximum atomic E-state index is 13.2. The van der Waals surface area contributed by atoms with Crippen LogP contribution in [0.25, 0.3) is 22.4 Å². The second-order valence-electron chi connectivity index (χ2n) is 5.82. The Kier molecular flexibility index (Phi) is 3.71. The Hall–Kier alpha value is -2.20. The van der Waals surface area contributed by atoms with Gasteiger partial charge in [0, 0.05) is 18.2 Å². The Morgan fingerprint density at radius 2 is 1.77 bits per heavy atom. The number of hydrogen-bond acceptors (Lipinski definition) is 2. The van der Waals surface area contributed by atoms with Crippen LogP contribution in [0.15, 0.2) is 36.4 Å².